The molecular formula is C18H27NO4. The number of carboxylic acids is 1. The fraction of sp³-hybridized carbons (Fsp3) is 0.556. The number of rotatable bonds is 9. The second kappa shape index (κ2) is 9.30. The minimum absolute atomic E-state index is 0.0961. The normalized spacial score (nSPS) is 12.4. The van der Waals surface area contributed by atoms with Gasteiger partial charge < -0.3 is 9.84 Å². The van der Waals surface area contributed by atoms with Crippen LogP contribution in [0.2, 0.25) is 0 Å². The largest absolute Gasteiger partial charge is 0.480 e. The summed E-state index contributed by atoms with van der Waals surface area (Å²) in [5.41, 5.74) is 2.32. The molecule has 1 atom stereocenters. The predicted octanol–water partition coefficient (Wildman–Crippen LogP) is 2.90. The lowest BCUT2D eigenvalue weighted by Gasteiger charge is -2.21. The van der Waals surface area contributed by atoms with Crippen LogP contribution in [0, 0.1) is 5.92 Å². The van der Waals surface area contributed by atoms with E-state index in [1.807, 2.05) is 12.1 Å². The number of ether oxygens (including phenoxy) is 1. The Morgan fingerprint density at radius 3 is 2.26 bits per heavy atom. The summed E-state index contributed by atoms with van der Waals surface area (Å²) in [5, 5.41) is 9.00. The van der Waals surface area contributed by atoms with Crippen LogP contribution in [-0.4, -0.2) is 42.1 Å². The van der Waals surface area contributed by atoms with Gasteiger partial charge in [0.25, 0.3) is 0 Å². The molecule has 1 unspecified atom stereocenters. The average Bonchev–Trinajstić information content (AvgIpc) is 2.51. The molecule has 0 saturated heterocycles. The highest BCUT2D eigenvalue weighted by Gasteiger charge is 2.14. The summed E-state index contributed by atoms with van der Waals surface area (Å²) >= 11 is 0. The van der Waals surface area contributed by atoms with E-state index < -0.39 is 5.97 Å². The first kappa shape index (κ1) is 19.2. The second-order valence-corrected chi connectivity index (χ2v) is 6.20. The number of carboxylic acid groups (broad SMARTS) is 1. The van der Waals surface area contributed by atoms with Crippen molar-refractivity contribution in [2.45, 2.75) is 39.7 Å². The molecule has 0 radical (unpaired) electrons. The van der Waals surface area contributed by atoms with Gasteiger partial charge in [-0.15, -0.1) is 0 Å². The molecule has 0 spiro atoms. The van der Waals surface area contributed by atoms with Crippen molar-refractivity contribution in [2.75, 3.05) is 20.2 Å². The minimum atomic E-state index is -0.903. The molecule has 128 valence electrons. The molecule has 0 bridgehead atoms. The third-order valence-corrected chi connectivity index (χ3v) is 4.13. The molecule has 5 nitrogen and oxygen atoms in total. The van der Waals surface area contributed by atoms with Crippen LogP contribution in [0.5, 0.6) is 0 Å². The molecule has 0 aliphatic heterocycles. The number of aliphatic carboxylic acids is 1. The highest BCUT2D eigenvalue weighted by atomic mass is 16.5. The molecule has 0 amide bonds. The van der Waals surface area contributed by atoms with Gasteiger partial charge >= 0.3 is 11.9 Å². The number of nitrogens with zero attached hydrogens (tertiary/aromatic N) is 1. The summed E-state index contributed by atoms with van der Waals surface area (Å²) in [6.45, 7) is 7.36. The van der Waals surface area contributed by atoms with E-state index in [0.717, 1.165) is 5.56 Å². The highest BCUT2D eigenvalue weighted by molar-refractivity contribution is 5.70. The smallest absolute Gasteiger partial charge is 0.317 e. The Morgan fingerprint density at radius 2 is 1.78 bits per heavy atom. The van der Waals surface area contributed by atoms with Gasteiger partial charge in [0.2, 0.25) is 0 Å². The van der Waals surface area contributed by atoms with Gasteiger partial charge in [0.1, 0.15) is 0 Å². The summed E-state index contributed by atoms with van der Waals surface area (Å²) in [6.07, 6.45) is 0.187. The van der Waals surface area contributed by atoms with E-state index in [1.54, 1.807) is 4.90 Å². The Morgan fingerprint density at radius 1 is 1.17 bits per heavy atom. The molecule has 1 rings (SSSR count). The van der Waals surface area contributed by atoms with Crippen LogP contribution < -0.4 is 0 Å². The van der Waals surface area contributed by atoms with Crippen LogP contribution in [0.3, 0.4) is 0 Å². The quantitative estimate of drug-likeness (QED) is 0.708. The van der Waals surface area contributed by atoms with Crippen LogP contribution in [0.15, 0.2) is 24.3 Å². The van der Waals surface area contributed by atoms with Gasteiger partial charge in [-0.05, 0) is 23.0 Å². The summed E-state index contributed by atoms with van der Waals surface area (Å²) < 4.78 is 4.61. The van der Waals surface area contributed by atoms with E-state index in [2.05, 4.69) is 37.6 Å². The van der Waals surface area contributed by atoms with Crippen molar-refractivity contribution in [1.82, 2.24) is 4.90 Å². The Bertz CT molecular complexity index is 510. The van der Waals surface area contributed by atoms with Crippen molar-refractivity contribution in [2.24, 2.45) is 5.92 Å². The standard InChI is InChI=1S/C18H27NO4/c1-13(2)14(3)16-7-5-15(6-8-16)11-19(12-17(20)21)10-9-18(22)23-4/h5-8,13-14H,9-12H2,1-4H3,(H,20,21). The maximum absolute atomic E-state index is 11.2. The van der Waals surface area contributed by atoms with Gasteiger partial charge in [-0.1, -0.05) is 45.0 Å². The molecule has 0 aromatic heterocycles. The lowest BCUT2D eigenvalue weighted by molar-refractivity contribution is -0.143. The van der Waals surface area contributed by atoms with Crippen molar-refractivity contribution in [3.63, 3.8) is 0 Å². The van der Waals surface area contributed by atoms with Crippen molar-refractivity contribution < 1.29 is 19.4 Å². The molecule has 0 aliphatic carbocycles. The first-order chi connectivity index (χ1) is 10.8. The van der Waals surface area contributed by atoms with E-state index in [1.165, 1.54) is 12.7 Å². The maximum atomic E-state index is 11.2. The van der Waals surface area contributed by atoms with Crippen LogP contribution in [-0.2, 0) is 20.9 Å². The summed E-state index contributed by atoms with van der Waals surface area (Å²) in [5.74, 6) is -0.177. The van der Waals surface area contributed by atoms with Crippen LogP contribution in [0.4, 0.5) is 0 Å². The summed E-state index contributed by atoms with van der Waals surface area (Å²) in [4.78, 5) is 24.0. The first-order valence-electron chi connectivity index (χ1n) is 7.93. The molecule has 0 saturated carbocycles. The molecule has 0 fully saturated rings. The zero-order valence-electron chi connectivity index (χ0n) is 14.4. The Balaban J connectivity index is 2.70. The van der Waals surface area contributed by atoms with Crippen LogP contribution in [0.1, 0.15) is 44.2 Å². The molecule has 5 heteroatoms. The molecule has 0 heterocycles. The maximum Gasteiger partial charge on any atom is 0.317 e. The summed E-state index contributed by atoms with van der Waals surface area (Å²) in [7, 11) is 1.33. The van der Waals surface area contributed by atoms with Crippen molar-refractivity contribution in [3.8, 4) is 0 Å². The lowest BCUT2D eigenvalue weighted by atomic mass is 9.90. The average molecular weight is 321 g/mol. The van der Waals surface area contributed by atoms with Gasteiger partial charge in [-0.3, -0.25) is 14.5 Å². The number of hydrogen-bond donors (Lipinski definition) is 1. The van der Waals surface area contributed by atoms with E-state index in [-0.39, 0.29) is 18.9 Å². The Kier molecular flexibility index (Phi) is 7.75. The van der Waals surface area contributed by atoms with E-state index in [4.69, 9.17) is 5.11 Å². The number of hydrogen-bond acceptors (Lipinski definition) is 4. The number of benzene rings is 1. The topological polar surface area (TPSA) is 66.8 Å². The van der Waals surface area contributed by atoms with E-state index in [0.29, 0.717) is 24.9 Å². The number of methoxy groups -OCH3 is 1. The van der Waals surface area contributed by atoms with E-state index >= 15 is 0 Å². The summed E-state index contributed by atoms with van der Waals surface area (Å²) in [6, 6.07) is 8.25. The third-order valence-electron chi connectivity index (χ3n) is 4.13. The number of carbonyl (C=O) groups is 2. The van der Waals surface area contributed by atoms with Crippen molar-refractivity contribution in [3.05, 3.63) is 35.4 Å². The zero-order chi connectivity index (χ0) is 17.4. The van der Waals surface area contributed by atoms with Gasteiger partial charge in [0, 0.05) is 13.1 Å². The van der Waals surface area contributed by atoms with Gasteiger partial charge in [-0.2, -0.15) is 0 Å². The number of esters is 1. The zero-order valence-corrected chi connectivity index (χ0v) is 14.4. The van der Waals surface area contributed by atoms with Gasteiger partial charge in [0.15, 0.2) is 0 Å². The predicted molar refractivity (Wildman–Crippen MR) is 89.2 cm³/mol. The van der Waals surface area contributed by atoms with Crippen molar-refractivity contribution >= 4 is 11.9 Å². The third kappa shape index (κ3) is 6.82. The SMILES string of the molecule is COC(=O)CCN(CC(=O)O)Cc1ccc(C(C)C(C)C)cc1. The molecule has 1 N–H and O–H groups in total. The van der Waals surface area contributed by atoms with Crippen molar-refractivity contribution in [1.29, 1.82) is 0 Å². The first-order valence-corrected chi connectivity index (χ1v) is 7.93. The van der Waals surface area contributed by atoms with Crippen LogP contribution >= 0.6 is 0 Å². The monoisotopic (exact) mass is 321 g/mol. The fourth-order valence-corrected chi connectivity index (χ4v) is 2.33. The molecular weight excluding hydrogens is 294 g/mol. The Hall–Kier alpha value is -1.88. The molecule has 0 aliphatic rings. The minimum Gasteiger partial charge on any atom is -0.480 e. The Labute approximate surface area is 138 Å². The van der Waals surface area contributed by atoms with E-state index in [9.17, 15) is 9.59 Å². The second-order valence-electron chi connectivity index (χ2n) is 6.20. The lowest BCUT2D eigenvalue weighted by Crippen LogP contribution is -2.31. The van der Waals surface area contributed by atoms with Crippen LogP contribution in [0.25, 0.3) is 0 Å². The highest BCUT2D eigenvalue weighted by Crippen LogP contribution is 2.23. The fourth-order valence-electron chi connectivity index (χ4n) is 2.33. The van der Waals surface area contributed by atoms with Gasteiger partial charge in [-0.25, -0.2) is 0 Å². The molecule has 23 heavy (non-hydrogen) atoms. The molecule has 1 aromatic carbocycles. The van der Waals surface area contributed by atoms with Gasteiger partial charge in [0.05, 0.1) is 20.1 Å². The number of carbonyl (C=O) groups excluding carboxylic acids is 1. The molecule has 1 aromatic rings.